The monoisotopic (exact) mass is 413 g/mol. The molecule has 1 unspecified atom stereocenters. The number of esters is 2. The van der Waals surface area contributed by atoms with Crippen molar-refractivity contribution in [1.82, 2.24) is 5.32 Å². The Balaban J connectivity index is 2.13. The lowest BCUT2D eigenvalue weighted by Crippen LogP contribution is -2.53. The summed E-state index contributed by atoms with van der Waals surface area (Å²) < 4.78 is 29.1. The minimum atomic E-state index is -1.47. The van der Waals surface area contributed by atoms with Crippen molar-refractivity contribution < 1.29 is 37.9 Å². The third-order valence-electron chi connectivity index (χ3n) is 3.90. The highest BCUT2D eigenvalue weighted by atomic mass is 32.2. The first-order valence-corrected chi connectivity index (χ1v) is 9.92. The second-order valence-corrected chi connectivity index (χ2v) is 7.26. The van der Waals surface area contributed by atoms with E-state index in [-0.39, 0.29) is 23.8 Å². The van der Waals surface area contributed by atoms with E-state index in [1.807, 2.05) is 0 Å². The van der Waals surface area contributed by atoms with E-state index >= 15 is 0 Å². The first kappa shape index (κ1) is 22.0. The standard InChI is InChI=1S/C17H21BFNO7S/c1-9(2)16(22)25-8-26-17(23)14-11(19)5-4-10-6-12(18(24)27-15(10)14)20-13(21)7-28-3/h4-5,9,12,24H,6-8H2,1-3H3,(H,20,21). The van der Waals surface area contributed by atoms with Gasteiger partial charge >= 0.3 is 19.1 Å². The molecule has 0 radical (unpaired) electrons. The fourth-order valence-corrected chi connectivity index (χ4v) is 2.86. The Bertz CT molecular complexity index is 761. The number of halogens is 1. The molecule has 152 valence electrons. The molecule has 1 aliphatic rings. The molecule has 2 N–H and O–H groups in total. The van der Waals surface area contributed by atoms with Crippen LogP contribution in [0.25, 0.3) is 0 Å². The van der Waals surface area contributed by atoms with Crippen LogP contribution in [0.2, 0.25) is 0 Å². The lowest BCUT2D eigenvalue weighted by atomic mass is 9.72. The number of hydrogen-bond donors (Lipinski definition) is 2. The largest absolute Gasteiger partial charge is 0.547 e. The number of ether oxygens (including phenoxy) is 2. The summed E-state index contributed by atoms with van der Waals surface area (Å²) in [6.07, 6.45) is 1.90. The van der Waals surface area contributed by atoms with Crippen LogP contribution in [-0.2, 0) is 25.5 Å². The molecule has 0 saturated heterocycles. The molecular weight excluding hydrogens is 392 g/mol. The van der Waals surface area contributed by atoms with E-state index in [0.29, 0.717) is 5.56 Å². The molecule has 0 aromatic heterocycles. The summed E-state index contributed by atoms with van der Waals surface area (Å²) in [6, 6.07) is 2.47. The van der Waals surface area contributed by atoms with Gasteiger partial charge < -0.3 is 24.5 Å². The number of carbonyl (C=O) groups excluding carboxylic acids is 3. The van der Waals surface area contributed by atoms with Crippen molar-refractivity contribution in [2.75, 3.05) is 18.8 Å². The molecule has 1 atom stereocenters. The quantitative estimate of drug-likeness (QED) is 0.386. The molecule has 0 aliphatic carbocycles. The number of rotatable bonds is 7. The maximum absolute atomic E-state index is 14.2. The van der Waals surface area contributed by atoms with Gasteiger partial charge in [-0.15, -0.1) is 0 Å². The first-order chi connectivity index (χ1) is 13.2. The van der Waals surface area contributed by atoms with Crippen molar-refractivity contribution in [2.45, 2.75) is 26.2 Å². The average Bonchev–Trinajstić information content (AvgIpc) is 2.62. The fraction of sp³-hybridized carbons (Fsp3) is 0.471. The van der Waals surface area contributed by atoms with Gasteiger partial charge in [-0.05, 0) is 24.3 Å². The highest BCUT2D eigenvalue weighted by Gasteiger charge is 2.39. The van der Waals surface area contributed by atoms with Crippen LogP contribution in [0.5, 0.6) is 5.75 Å². The molecule has 1 amide bonds. The Labute approximate surface area is 166 Å². The van der Waals surface area contributed by atoms with Gasteiger partial charge in [0.2, 0.25) is 12.7 Å². The molecule has 28 heavy (non-hydrogen) atoms. The second kappa shape index (κ2) is 9.79. The summed E-state index contributed by atoms with van der Waals surface area (Å²) in [4.78, 5) is 35.4. The molecule has 0 saturated carbocycles. The van der Waals surface area contributed by atoms with Crippen molar-refractivity contribution in [1.29, 1.82) is 0 Å². The first-order valence-electron chi connectivity index (χ1n) is 8.52. The minimum Gasteiger partial charge on any atom is -0.534 e. The van der Waals surface area contributed by atoms with Crippen LogP contribution in [0.3, 0.4) is 0 Å². The fourth-order valence-electron chi connectivity index (χ4n) is 2.51. The van der Waals surface area contributed by atoms with Gasteiger partial charge in [0.25, 0.3) is 0 Å². The van der Waals surface area contributed by atoms with E-state index in [2.05, 4.69) is 5.32 Å². The Morgan fingerprint density at radius 2 is 2.11 bits per heavy atom. The SMILES string of the molecule is CSCC(=O)NC1Cc2ccc(F)c(C(=O)OCOC(=O)C(C)C)c2OB1O. The normalized spacial score (nSPS) is 15.5. The van der Waals surface area contributed by atoms with E-state index < -0.39 is 49.1 Å². The zero-order chi connectivity index (χ0) is 20.8. The van der Waals surface area contributed by atoms with Crippen molar-refractivity contribution >= 4 is 36.7 Å². The highest BCUT2D eigenvalue weighted by Crippen LogP contribution is 2.32. The molecule has 1 aliphatic heterocycles. The van der Waals surface area contributed by atoms with Crippen molar-refractivity contribution in [3.8, 4) is 5.75 Å². The molecule has 2 rings (SSSR count). The molecule has 0 bridgehead atoms. The van der Waals surface area contributed by atoms with Crippen LogP contribution < -0.4 is 9.97 Å². The zero-order valence-electron chi connectivity index (χ0n) is 15.7. The van der Waals surface area contributed by atoms with E-state index in [9.17, 15) is 23.8 Å². The van der Waals surface area contributed by atoms with Crippen LogP contribution in [0.1, 0.15) is 29.8 Å². The average molecular weight is 413 g/mol. The number of benzene rings is 1. The summed E-state index contributed by atoms with van der Waals surface area (Å²) >= 11 is 1.32. The van der Waals surface area contributed by atoms with Gasteiger partial charge in [-0.3, -0.25) is 9.59 Å². The summed E-state index contributed by atoms with van der Waals surface area (Å²) in [5, 5.41) is 12.8. The Kier molecular flexibility index (Phi) is 7.70. The maximum Gasteiger partial charge on any atom is 0.547 e. The van der Waals surface area contributed by atoms with Crippen LogP contribution in [-0.4, -0.2) is 54.7 Å². The number of carbonyl (C=O) groups is 3. The van der Waals surface area contributed by atoms with E-state index in [4.69, 9.17) is 14.1 Å². The molecular formula is C17H21BFNO7S. The van der Waals surface area contributed by atoms with Crippen LogP contribution in [0, 0.1) is 11.7 Å². The maximum atomic E-state index is 14.2. The second-order valence-electron chi connectivity index (χ2n) is 6.40. The Morgan fingerprint density at radius 3 is 2.75 bits per heavy atom. The van der Waals surface area contributed by atoms with E-state index in [1.165, 1.54) is 17.8 Å². The lowest BCUT2D eigenvalue weighted by molar-refractivity contribution is -0.155. The van der Waals surface area contributed by atoms with Gasteiger partial charge in [0.05, 0.1) is 17.6 Å². The number of hydrogen-bond acceptors (Lipinski definition) is 8. The van der Waals surface area contributed by atoms with Crippen LogP contribution in [0.4, 0.5) is 4.39 Å². The predicted molar refractivity (Wildman–Crippen MR) is 100 cm³/mol. The third kappa shape index (κ3) is 5.38. The van der Waals surface area contributed by atoms with Gasteiger partial charge in [0.15, 0.2) is 0 Å². The number of nitrogens with one attached hydrogen (secondary N) is 1. The summed E-state index contributed by atoms with van der Waals surface area (Å²) in [6.45, 7) is 2.55. The predicted octanol–water partition coefficient (Wildman–Crippen LogP) is 0.942. The third-order valence-corrected chi connectivity index (χ3v) is 4.45. The highest BCUT2D eigenvalue weighted by molar-refractivity contribution is 7.99. The van der Waals surface area contributed by atoms with Crippen molar-refractivity contribution in [3.63, 3.8) is 0 Å². The van der Waals surface area contributed by atoms with Crippen LogP contribution >= 0.6 is 11.8 Å². The number of fused-ring (bicyclic) bond motifs is 1. The van der Waals surface area contributed by atoms with Gasteiger partial charge in [-0.25, -0.2) is 9.18 Å². The molecule has 1 aromatic rings. The lowest BCUT2D eigenvalue weighted by Gasteiger charge is -2.29. The molecule has 0 fully saturated rings. The molecule has 8 nitrogen and oxygen atoms in total. The van der Waals surface area contributed by atoms with E-state index in [1.54, 1.807) is 20.1 Å². The van der Waals surface area contributed by atoms with Crippen molar-refractivity contribution in [3.05, 3.63) is 29.1 Å². The molecule has 1 aromatic carbocycles. The summed E-state index contributed by atoms with van der Waals surface area (Å²) in [5.74, 6) is -3.95. The Hall–Kier alpha value is -2.27. The van der Waals surface area contributed by atoms with Gasteiger partial charge in [0.1, 0.15) is 17.1 Å². The molecule has 11 heteroatoms. The number of thioether (sulfide) groups is 1. The molecule has 1 heterocycles. The zero-order valence-corrected chi connectivity index (χ0v) is 16.5. The topological polar surface area (TPSA) is 111 Å². The van der Waals surface area contributed by atoms with E-state index in [0.717, 1.165) is 6.07 Å². The molecule has 0 spiro atoms. The summed E-state index contributed by atoms with van der Waals surface area (Å²) in [7, 11) is -1.47. The minimum absolute atomic E-state index is 0.138. The number of amides is 1. The van der Waals surface area contributed by atoms with Crippen molar-refractivity contribution in [2.24, 2.45) is 5.92 Å². The van der Waals surface area contributed by atoms with Gasteiger partial charge in [-0.1, -0.05) is 19.9 Å². The van der Waals surface area contributed by atoms with Gasteiger partial charge in [0, 0.05) is 0 Å². The van der Waals surface area contributed by atoms with Crippen LogP contribution in [0.15, 0.2) is 12.1 Å². The summed E-state index contributed by atoms with van der Waals surface area (Å²) in [5.41, 5.74) is -0.0849. The van der Waals surface area contributed by atoms with Gasteiger partial charge in [-0.2, -0.15) is 11.8 Å². The smallest absolute Gasteiger partial charge is 0.534 e. The Morgan fingerprint density at radius 1 is 1.39 bits per heavy atom.